The summed E-state index contributed by atoms with van der Waals surface area (Å²) in [5.74, 6) is 0.840. The van der Waals surface area contributed by atoms with Crippen molar-refractivity contribution in [3.63, 3.8) is 0 Å². The predicted molar refractivity (Wildman–Crippen MR) is 91.9 cm³/mol. The Morgan fingerprint density at radius 2 is 1.90 bits per heavy atom. The Balaban J connectivity index is 1.88. The van der Waals surface area contributed by atoms with E-state index in [9.17, 15) is 0 Å². The summed E-state index contributed by atoms with van der Waals surface area (Å²) < 4.78 is 0. The Morgan fingerprint density at radius 1 is 1.24 bits per heavy atom. The van der Waals surface area contributed by atoms with Gasteiger partial charge in [-0.3, -0.25) is 0 Å². The third kappa shape index (κ3) is 4.70. The van der Waals surface area contributed by atoms with E-state index in [-0.39, 0.29) is 0 Å². The summed E-state index contributed by atoms with van der Waals surface area (Å²) in [5.41, 5.74) is 1.33. The second-order valence-electron chi connectivity index (χ2n) is 6.49. The summed E-state index contributed by atoms with van der Waals surface area (Å²) in [6.45, 7) is 3.55. The van der Waals surface area contributed by atoms with Crippen molar-refractivity contribution in [2.75, 3.05) is 20.6 Å². The molecule has 0 spiro atoms. The summed E-state index contributed by atoms with van der Waals surface area (Å²) in [6, 6.07) is 9.40. The van der Waals surface area contributed by atoms with E-state index in [4.69, 9.17) is 11.6 Å². The van der Waals surface area contributed by atoms with Gasteiger partial charge in [0.1, 0.15) is 0 Å². The summed E-state index contributed by atoms with van der Waals surface area (Å²) in [4.78, 5) is 2.57. The molecule has 1 aliphatic carbocycles. The van der Waals surface area contributed by atoms with Crippen LogP contribution >= 0.6 is 11.6 Å². The fraction of sp³-hybridized carbons (Fsp3) is 0.667. The average molecular weight is 309 g/mol. The van der Waals surface area contributed by atoms with E-state index in [2.05, 4.69) is 36.3 Å². The summed E-state index contributed by atoms with van der Waals surface area (Å²) >= 11 is 5.98. The van der Waals surface area contributed by atoms with Gasteiger partial charge in [0.15, 0.2) is 0 Å². The summed E-state index contributed by atoms with van der Waals surface area (Å²) in [5, 5.41) is 4.24. The van der Waals surface area contributed by atoms with Crippen molar-refractivity contribution in [1.82, 2.24) is 10.2 Å². The first kappa shape index (κ1) is 16.8. The maximum atomic E-state index is 5.98. The third-order valence-corrected chi connectivity index (χ3v) is 5.28. The first-order valence-electron chi connectivity index (χ1n) is 8.24. The Kier molecular flexibility index (Phi) is 6.53. The first-order valence-corrected chi connectivity index (χ1v) is 8.62. The lowest BCUT2D eigenvalue weighted by Gasteiger charge is -2.37. The van der Waals surface area contributed by atoms with Crippen LogP contribution in [0.2, 0.25) is 5.02 Å². The zero-order valence-corrected chi connectivity index (χ0v) is 14.4. The monoisotopic (exact) mass is 308 g/mol. The molecule has 1 fully saturated rings. The molecule has 1 aromatic rings. The fourth-order valence-electron chi connectivity index (χ4n) is 3.62. The van der Waals surface area contributed by atoms with Gasteiger partial charge < -0.3 is 10.2 Å². The van der Waals surface area contributed by atoms with Crippen molar-refractivity contribution < 1.29 is 0 Å². The van der Waals surface area contributed by atoms with Crippen LogP contribution in [0.1, 0.15) is 50.6 Å². The van der Waals surface area contributed by atoms with E-state index < -0.39 is 0 Å². The van der Waals surface area contributed by atoms with Gasteiger partial charge in [-0.1, -0.05) is 43.5 Å². The molecule has 0 bridgehead atoms. The molecule has 0 amide bonds. The van der Waals surface area contributed by atoms with Gasteiger partial charge >= 0.3 is 0 Å². The lowest BCUT2D eigenvalue weighted by molar-refractivity contribution is 0.135. The van der Waals surface area contributed by atoms with Crippen molar-refractivity contribution in [3.8, 4) is 0 Å². The molecule has 2 nitrogen and oxygen atoms in total. The minimum atomic E-state index is 0.406. The molecule has 0 radical (unpaired) electrons. The predicted octanol–water partition coefficient (Wildman–Crippen LogP) is 4.50. The Hall–Kier alpha value is -0.570. The highest BCUT2D eigenvalue weighted by Crippen LogP contribution is 2.28. The molecular formula is C18H29ClN2. The SMILES string of the molecule is CNC(CCN(C)C1CCCCC1C)c1ccc(Cl)cc1. The van der Waals surface area contributed by atoms with Crippen LogP contribution in [0, 0.1) is 5.92 Å². The van der Waals surface area contributed by atoms with Gasteiger partial charge in [-0.2, -0.15) is 0 Å². The van der Waals surface area contributed by atoms with Crippen LogP contribution in [0.15, 0.2) is 24.3 Å². The minimum absolute atomic E-state index is 0.406. The molecule has 0 heterocycles. The Morgan fingerprint density at radius 3 is 2.52 bits per heavy atom. The number of halogens is 1. The zero-order valence-electron chi connectivity index (χ0n) is 13.6. The minimum Gasteiger partial charge on any atom is -0.313 e. The van der Waals surface area contributed by atoms with E-state index in [1.165, 1.54) is 31.2 Å². The lowest BCUT2D eigenvalue weighted by Crippen LogP contribution is -2.40. The maximum absolute atomic E-state index is 5.98. The molecule has 118 valence electrons. The van der Waals surface area contributed by atoms with Crippen LogP contribution < -0.4 is 5.32 Å². The van der Waals surface area contributed by atoms with Crippen LogP contribution in [0.25, 0.3) is 0 Å². The molecule has 1 N–H and O–H groups in total. The van der Waals surface area contributed by atoms with Gasteiger partial charge in [0, 0.05) is 17.1 Å². The summed E-state index contributed by atoms with van der Waals surface area (Å²) in [6.07, 6.45) is 6.70. The quantitative estimate of drug-likeness (QED) is 0.832. The molecule has 0 saturated heterocycles. The first-order chi connectivity index (χ1) is 10.1. The topological polar surface area (TPSA) is 15.3 Å². The highest BCUT2D eigenvalue weighted by molar-refractivity contribution is 6.30. The fourth-order valence-corrected chi connectivity index (χ4v) is 3.75. The molecule has 3 heteroatoms. The molecule has 3 atom stereocenters. The number of benzene rings is 1. The van der Waals surface area contributed by atoms with Gasteiger partial charge in [-0.05, 0) is 63.5 Å². The van der Waals surface area contributed by atoms with Crippen molar-refractivity contribution in [1.29, 1.82) is 0 Å². The van der Waals surface area contributed by atoms with Crippen molar-refractivity contribution in [3.05, 3.63) is 34.9 Å². The van der Waals surface area contributed by atoms with E-state index in [0.29, 0.717) is 6.04 Å². The summed E-state index contributed by atoms with van der Waals surface area (Å²) in [7, 11) is 4.34. The maximum Gasteiger partial charge on any atom is 0.0406 e. The van der Waals surface area contributed by atoms with E-state index in [1.54, 1.807) is 0 Å². The van der Waals surface area contributed by atoms with Crippen LogP contribution in [0.5, 0.6) is 0 Å². The molecule has 0 aliphatic heterocycles. The molecular weight excluding hydrogens is 280 g/mol. The van der Waals surface area contributed by atoms with Crippen molar-refractivity contribution in [2.24, 2.45) is 5.92 Å². The van der Waals surface area contributed by atoms with Crippen LogP contribution in [0.4, 0.5) is 0 Å². The molecule has 1 aliphatic rings. The molecule has 1 aromatic carbocycles. The standard InChI is InChI=1S/C18H29ClN2/c1-14-6-4-5-7-18(14)21(3)13-12-17(20-2)15-8-10-16(19)11-9-15/h8-11,14,17-18,20H,4-7,12-13H2,1-3H3. The number of hydrogen-bond donors (Lipinski definition) is 1. The van der Waals surface area contributed by atoms with E-state index in [1.807, 2.05) is 19.2 Å². The lowest BCUT2D eigenvalue weighted by atomic mass is 9.85. The number of rotatable bonds is 6. The number of nitrogens with zero attached hydrogens (tertiary/aromatic N) is 1. The highest BCUT2D eigenvalue weighted by atomic mass is 35.5. The molecule has 21 heavy (non-hydrogen) atoms. The third-order valence-electron chi connectivity index (χ3n) is 5.02. The van der Waals surface area contributed by atoms with Gasteiger partial charge in [0.05, 0.1) is 0 Å². The zero-order chi connectivity index (χ0) is 15.2. The molecule has 3 unspecified atom stereocenters. The van der Waals surface area contributed by atoms with Crippen LogP contribution in [-0.4, -0.2) is 31.6 Å². The highest BCUT2D eigenvalue weighted by Gasteiger charge is 2.25. The second kappa shape index (κ2) is 8.17. The van der Waals surface area contributed by atoms with Crippen LogP contribution in [0.3, 0.4) is 0 Å². The van der Waals surface area contributed by atoms with Gasteiger partial charge in [0.25, 0.3) is 0 Å². The van der Waals surface area contributed by atoms with Gasteiger partial charge in [-0.25, -0.2) is 0 Å². The van der Waals surface area contributed by atoms with E-state index >= 15 is 0 Å². The van der Waals surface area contributed by atoms with Gasteiger partial charge in [-0.15, -0.1) is 0 Å². The van der Waals surface area contributed by atoms with Crippen molar-refractivity contribution >= 4 is 11.6 Å². The number of hydrogen-bond acceptors (Lipinski definition) is 2. The molecule has 2 rings (SSSR count). The average Bonchev–Trinajstić information content (AvgIpc) is 2.49. The largest absolute Gasteiger partial charge is 0.313 e. The van der Waals surface area contributed by atoms with Crippen LogP contribution in [-0.2, 0) is 0 Å². The number of nitrogens with one attached hydrogen (secondary N) is 1. The normalized spacial score (nSPS) is 24.2. The smallest absolute Gasteiger partial charge is 0.0406 e. The second-order valence-corrected chi connectivity index (χ2v) is 6.93. The Labute approximate surface area is 134 Å². The Bertz CT molecular complexity index is 418. The van der Waals surface area contributed by atoms with Gasteiger partial charge in [0.2, 0.25) is 0 Å². The van der Waals surface area contributed by atoms with Crippen molar-refractivity contribution in [2.45, 2.75) is 51.1 Å². The molecule has 1 saturated carbocycles. The molecule has 0 aromatic heterocycles. The van der Waals surface area contributed by atoms with E-state index in [0.717, 1.165) is 29.9 Å².